The maximum atomic E-state index is 13.5. The van der Waals surface area contributed by atoms with E-state index in [1.165, 1.54) is 34.8 Å². The zero-order chi connectivity index (χ0) is 20.9. The third-order valence-corrected chi connectivity index (χ3v) is 5.55. The van der Waals surface area contributed by atoms with Crippen LogP contribution >= 0.6 is 35.0 Å². The smallest absolute Gasteiger partial charge is 0.397 e. The van der Waals surface area contributed by atoms with Crippen molar-refractivity contribution in [2.75, 3.05) is 11.5 Å². The second kappa shape index (κ2) is 9.87. The van der Waals surface area contributed by atoms with Gasteiger partial charge in [0.05, 0.1) is 22.3 Å². The average molecular weight is 456 g/mol. The molecule has 0 fully saturated rings. The Balaban J connectivity index is 2.04. The first kappa shape index (κ1) is 22.9. The van der Waals surface area contributed by atoms with Gasteiger partial charge in [0.1, 0.15) is 6.04 Å². The summed E-state index contributed by atoms with van der Waals surface area (Å²) in [6, 6.07) is 4.94. The first-order valence-corrected chi connectivity index (χ1v) is 10.1. The Morgan fingerprint density at radius 1 is 1.25 bits per heavy atom. The van der Waals surface area contributed by atoms with Crippen LogP contribution in [0.3, 0.4) is 0 Å². The van der Waals surface area contributed by atoms with Crippen LogP contribution in [-0.2, 0) is 4.79 Å². The van der Waals surface area contributed by atoms with E-state index in [9.17, 15) is 18.0 Å². The number of thioether (sulfide) groups is 1. The van der Waals surface area contributed by atoms with Crippen molar-refractivity contribution in [2.45, 2.75) is 31.0 Å². The van der Waals surface area contributed by atoms with Gasteiger partial charge in [-0.25, -0.2) is 4.68 Å². The molecule has 1 aromatic heterocycles. The van der Waals surface area contributed by atoms with Crippen molar-refractivity contribution in [1.82, 2.24) is 9.78 Å². The van der Waals surface area contributed by atoms with Crippen LogP contribution in [0.2, 0.25) is 10.0 Å². The Bertz CT molecular complexity index is 817. The zero-order valence-corrected chi connectivity index (χ0v) is 16.8. The number of carboxylic acid groups (broad SMARTS) is 1. The van der Waals surface area contributed by atoms with Crippen molar-refractivity contribution in [3.8, 4) is 5.69 Å². The van der Waals surface area contributed by atoms with Gasteiger partial charge in [-0.3, -0.25) is 4.79 Å². The number of carbonyl (C=O) groups is 1. The number of alkyl halides is 3. The maximum Gasteiger partial charge on any atom is 0.397 e. The largest absolute Gasteiger partial charge is 0.480 e. The second-order valence-corrected chi connectivity index (χ2v) is 8.08. The molecule has 1 heterocycles. The zero-order valence-electron chi connectivity index (χ0n) is 14.5. The minimum Gasteiger partial charge on any atom is -0.480 e. The van der Waals surface area contributed by atoms with Crippen molar-refractivity contribution in [3.05, 3.63) is 46.2 Å². The normalized spacial score (nSPS) is 14.1. The molecule has 2 unspecified atom stereocenters. The van der Waals surface area contributed by atoms with Crippen LogP contribution in [0.15, 0.2) is 30.5 Å². The molecule has 2 aromatic rings. The lowest BCUT2D eigenvalue weighted by molar-refractivity contribution is -0.151. The first-order valence-electron chi connectivity index (χ1n) is 8.23. The third kappa shape index (κ3) is 6.30. The molecular weight excluding hydrogens is 438 g/mol. The number of nitrogens with two attached hydrogens (primary N) is 1. The topological polar surface area (TPSA) is 81.1 Å². The number of hydrogen-bond donors (Lipinski definition) is 2. The van der Waals surface area contributed by atoms with E-state index in [1.807, 2.05) is 0 Å². The molecule has 0 amide bonds. The molecule has 0 spiro atoms. The molecule has 0 bridgehead atoms. The summed E-state index contributed by atoms with van der Waals surface area (Å²) in [6.45, 7) is 0. The van der Waals surface area contributed by atoms with Crippen LogP contribution in [-0.4, -0.2) is 44.6 Å². The van der Waals surface area contributed by atoms with E-state index in [0.717, 1.165) is 0 Å². The summed E-state index contributed by atoms with van der Waals surface area (Å²) >= 11 is 13.2. The van der Waals surface area contributed by atoms with Crippen LogP contribution in [0.5, 0.6) is 0 Å². The van der Waals surface area contributed by atoms with Gasteiger partial charge < -0.3 is 10.8 Å². The molecule has 28 heavy (non-hydrogen) atoms. The lowest BCUT2D eigenvalue weighted by Crippen LogP contribution is -2.30. The van der Waals surface area contributed by atoms with Gasteiger partial charge in [0, 0.05) is 11.2 Å². The van der Waals surface area contributed by atoms with Crippen LogP contribution in [0.25, 0.3) is 5.69 Å². The monoisotopic (exact) mass is 455 g/mol. The summed E-state index contributed by atoms with van der Waals surface area (Å²) in [4.78, 5) is 10.6. The molecule has 0 saturated carbocycles. The summed E-state index contributed by atoms with van der Waals surface area (Å²) in [5.41, 5.74) is 5.69. The number of aromatic nitrogens is 2. The van der Waals surface area contributed by atoms with Gasteiger partial charge in [-0.1, -0.05) is 23.2 Å². The number of carboxylic acids is 1. The third-order valence-electron chi connectivity index (χ3n) is 3.96. The van der Waals surface area contributed by atoms with Crippen molar-refractivity contribution in [2.24, 2.45) is 5.73 Å². The van der Waals surface area contributed by atoms with Crippen molar-refractivity contribution in [3.63, 3.8) is 0 Å². The van der Waals surface area contributed by atoms with Crippen molar-refractivity contribution < 1.29 is 23.1 Å². The average Bonchev–Trinajstić information content (AvgIpc) is 3.05. The maximum absolute atomic E-state index is 13.5. The van der Waals surface area contributed by atoms with Gasteiger partial charge in [-0.05, 0) is 48.6 Å². The van der Waals surface area contributed by atoms with Gasteiger partial charge in [-0.2, -0.15) is 30.0 Å². The molecule has 0 radical (unpaired) electrons. The summed E-state index contributed by atoms with van der Waals surface area (Å²) in [5, 5.41) is 13.4. The molecule has 11 heteroatoms. The molecule has 2 atom stereocenters. The highest BCUT2D eigenvalue weighted by Gasteiger charge is 2.41. The molecule has 3 N–H and O–H groups in total. The molecule has 0 aliphatic heterocycles. The summed E-state index contributed by atoms with van der Waals surface area (Å²) in [5.74, 6) is -2.29. The van der Waals surface area contributed by atoms with E-state index < -0.39 is 24.1 Å². The Labute approximate surface area is 174 Å². The van der Waals surface area contributed by atoms with Gasteiger partial charge in [0.15, 0.2) is 0 Å². The van der Waals surface area contributed by atoms with Crippen LogP contribution in [0.1, 0.15) is 24.5 Å². The standard InChI is InChI=1S/C17H18Cl2F3N3O2S/c18-10-1-2-15(12(19)9-10)25-6-3-14(24-25)11(17(20,21)22)4-7-28-8-5-13(23)16(26)27/h1-3,6,9,11,13H,4-5,7-8,23H2,(H,26,27). The minimum atomic E-state index is -4.46. The fourth-order valence-corrected chi connectivity index (χ4v) is 3.96. The molecular formula is C17H18Cl2F3N3O2S. The van der Waals surface area contributed by atoms with Crippen LogP contribution in [0, 0.1) is 0 Å². The van der Waals surface area contributed by atoms with Crippen molar-refractivity contribution in [1.29, 1.82) is 0 Å². The number of hydrogen-bond acceptors (Lipinski definition) is 4. The summed E-state index contributed by atoms with van der Waals surface area (Å²) in [6.07, 6.45) is -3.02. The SMILES string of the molecule is NC(CCSCCC(c1ccn(-c2ccc(Cl)cc2Cl)n1)C(F)(F)F)C(=O)O. The van der Waals surface area contributed by atoms with Crippen molar-refractivity contribution >= 4 is 40.9 Å². The van der Waals surface area contributed by atoms with Gasteiger partial charge >= 0.3 is 12.1 Å². The Kier molecular flexibility index (Phi) is 8.06. The van der Waals surface area contributed by atoms with E-state index in [4.69, 9.17) is 34.0 Å². The number of benzene rings is 1. The molecule has 0 aliphatic rings. The quantitative estimate of drug-likeness (QED) is 0.533. The second-order valence-electron chi connectivity index (χ2n) is 6.01. The molecule has 0 saturated heterocycles. The van der Waals surface area contributed by atoms with E-state index in [-0.39, 0.29) is 29.3 Å². The highest BCUT2D eigenvalue weighted by Crippen LogP contribution is 2.38. The molecule has 2 rings (SSSR count). The minimum absolute atomic E-state index is 0.110. The molecule has 5 nitrogen and oxygen atoms in total. The lowest BCUT2D eigenvalue weighted by Gasteiger charge is -2.18. The molecule has 1 aromatic carbocycles. The fraction of sp³-hybridized carbons (Fsp3) is 0.412. The van der Waals surface area contributed by atoms with Gasteiger partial charge in [0.2, 0.25) is 0 Å². The Hall–Kier alpha value is -1.42. The highest BCUT2D eigenvalue weighted by molar-refractivity contribution is 7.99. The Morgan fingerprint density at radius 2 is 1.93 bits per heavy atom. The number of halogens is 5. The summed E-state index contributed by atoms with van der Waals surface area (Å²) in [7, 11) is 0. The molecule has 0 aliphatic carbocycles. The number of rotatable bonds is 9. The van der Waals surface area contributed by atoms with Gasteiger partial charge in [0.25, 0.3) is 0 Å². The number of nitrogens with zero attached hydrogens (tertiary/aromatic N) is 2. The lowest BCUT2D eigenvalue weighted by atomic mass is 10.0. The van der Waals surface area contributed by atoms with E-state index in [2.05, 4.69) is 5.10 Å². The Morgan fingerprint density at radius 3 is 2.54 bits per heavy atom. The predicted molar refractivity (Wildman–Crippen MR) is 105 cm³/mol. The van der Waals surface area contributed by atoms with E-state index >= 15 is 0 Å². The highest BCUT2D eigenvalue weighted by atomic mass is 35.5. The van der Waals surface area contributed by atoms with E-state index in [0.29, 0.717) is 16.5 Å². The van der Waals surface area contributed by atoms with Crippen LogP contribution < -0.4 is 5.73 Å². The van der Waals surface area contributed by atoms with Gasteiger partial charge in [-0.15, -0.1) is 0 Å². The van der Waals surface area contributed by atoms with E-state index in [1.54, 1.807) is 12.1 Å². The predicted octanol–water partition coefficient (Wildman–Crippen LogP) is 4.75. The first-order chi connectivity index (χ1) is 13.1. The van der Waals surface area contributed by atoms with Crippen LogP contribution in [0.4, 0.5) is 13.2 Å². The number of aliphatic carboxylic acids is 1. The molecule has 154 valence electrons. The summed E-state index contributed by atoms with van der Waals surface area (Å²) < 4.78 is 41.8. The fourth-order valence-electron chi connectivity index (χ4n) is 2.44.